The topological polar surface area (TPSA) is 66.8 Å². The van der Waals surface area contributed by atoms with Gasteiger partial charge in [0.25, 0.3) is 0 Å². The van der Waals surface area contributed by atoms with E-state index in [9.17, 15) is 15.0 Å². The van der Waals surface area contributed by atoms with Crippen LogP contribution in [0, 0.1) is 10.8 Å². The molecule has 0 amide bonds. The van der Waals surface area contributed by atoms with Crippen LogP contribution in [0.4, 0.5) is 0 Å². The Morgan fingerprint density at radius 2 is 2.07 bits per heavy atom. The Balaban J connectivity index is 2.23. The van der Waals surface area contributed by atoms with Crippen molar-refractivity contribution in [3.05, 3.63) is 0 Å². The second-order valence-electron chi connectivity index (χ2n) is 4.58. The number of carboxylic acid groups (broad SMARTS) is 1. The minimum atomic E-state index is -0.770. The van der Waals surface area contributed by atoms with Crippen LogP contribution in [0.2, 0.25) is 0 Å². The van der Waals surface area contributed by atoms with Gasteiger partial charge in [-0.3, -0.25) is 4.79 Å². The predicted octanol–water partition coefficient (Wildman–Crippen LogP) is 0.639. The molecule has 1 aliphatic heterocycles. The summed E-state index contributed by atoms with van der Waals surface area (Å²) in [5.74, 6) is -0.770. The molecule has 2 rings (SSSR count). The molecule has 0 radical (unpaired) electrons. The highest BCUT2D eigenvalue weighted by atomic mass is 16.5. The van der Waals surface area contributed by atoms with E-state index >= 15 is 0 Å². The standard InChI is InChI=1S/C10H16O4/c1-2-9(5-14-6-9)10(8(12)13)3-7(11)4-10/h7,11H,2-6H2,1H3,(H,12,13). The van der Waals surface area contributed by atoms with Crippen LogP contribution in [0.25, 0.3) is 0 Å². The quantitative estimate of drug-likeness (QED) is 0.701. The lowest BCUT2D eigenvalue weighted by atomic mass is 9.50. The second kappa shape index (κ2) is 2.94. The van der Waals surface area contributed by atoms with Crippen LogP contribution in [0.15, 0.2) is 0 Å². The molecular weight excluding hydrogens is 184 g/mol. The summed E-state index contributed by atoms with van der Waals surface area (Å²) in [5, 5.41) is 18.6. The lowest BCUT2D eigenvalue weighted by molar-refractivity contribution is -0.241. The number of aliphatic hydroxyl groups excluding tert-OH is 1. The Morgan fingerprint density at radius 3 is 2.29 bits per heavy atom. The van der Waals surface area contributed by atoms with E-state index < -0.39 is 17.5 Å². The summed E-state index contributed by atoms with van der Waals surface area (Å²) >= 11 is 0. The lowest BCUT2D eigenvalue weighted by Gasteiger charge is -2.58. The summed E-state index contributed by atoms with van der Waals surface area (Å²) in [4.78, 5) is 11.3. The molecule has 0 aromatic heterocycles. The molecule has 4 nitrogen and oxygen atoms in total. The van der Waals surface area contributed by atoms with Crippen LogP contribution >= 0.6 is 0 Å². The summed E-state index contributed by atoms with van der Waals surface area (Å²) in [5.41, 5.74) is -0.947. The Labute approximate surface area is 82.9 Å². The molecule has 0 aromatic carbocycles. The molecule has 1 saturated carbocycles. The van der Waals surface area contributed by atoms with Crippen LogP contribution < -0.4 is 0 Å². The zero-order valence-electron chi connectivity index (χ0n) is 8.32. The van der Waals surface area contributed by atoms with Gasteiger partial charge in [0.05, 0.1) is 24.7 Å². The van der Waals surface area contributed by atoms with Crippen molar-refractivity contribution in [2.45, 2.75) is 32.3 Å². The molecular formula is C10H16O4. The third-order valence-electron chi connectivity index (χ3n) is 4.03. The highest BCUT2D eigenvalue weighted by Crippen LogP contribution is 2.59. The first-order valence-electron chi connectivity index (χ1n) is 5.05. The fourth-order valence-corrected chi connectivity index (χ4v) is 2.75. The van der Waals surface area contributed by atoms with Crippen LogP contribution in [-0.4, -0.2) is 35.5 Å². The number of carbonyl (C=O) groups is 1. The van der Waals surface area contributed by atoms with E-state index in [0.717, 1.165) is 6.42 Å². The van der Waals surface area contributed by atoms with Crippen molar-refractivity contribution in [2.24, 2.45) is 10.8 Å². The molecule has 1 aliphatic carbocycles. The van der Waals surface area contributed by atoms with Crippen molar-refractivity contribution in [3.63, 3.8) is 0 Å². The summed E-state index contributed by atoms with van der Waals surface area (Å²) in [6, 6.07) is 0. The molecule has 0 atom stereocenters. The second-order valence-corrected chi connectivity index (χ2v) is 4.58. The maximum Gasteiger partial charge on any atom is 0.310 e. The van der Waals surface area contributed by atoms with E-state index in [1.165, 1.54) is 0 Å². The number of ether oxygens (including phenoxy) is 1. The van der Waals surface area contributed by atoms with Crippen molar-refractivity contribution in [2.75, 3.05) is 13.2 Å². The van der Waals surface area contributed by atoms with E-state index in [-0.39, 0.29) is 5.41 Å². The number of carboxylic acids is 1. The zero-order chi connectivity index (χ0) is 10.4. The van der Waals surface area contributed by atoms with Gasteiger partial charge in [0, 0.05) is 5.41 Å². The molecule has 2 aliphatic rings. The first-order chi connectivity index (χ1) is 6.56. The van der Waals surface area contributed by atoms with Crippen molar-refractivity contribution < 1.29 is 19.7 Å². The van der Waals surface area contributed by atoms with E-state index in [1.54, 1.807) is 0 Å². The van der Waals surface area contributed by atoms with E-state index in [1.807, 2.05) is 6.92 Å². The number of hydrogen-bond donors (Lipinski definition) is 2. The minimum absolute atomic E-state index is 0.224. The monoisotopic (exact) mass is 200 g/mol. The molecule has 0 unspecified atom stereocenters. The normalized spacial score (nSPS) is 39.7. The van der Waals surface area contributed by atoms with Crippen LogP contribution in [0.3, 0.4) is 0 Å². The van der Waals surface area contributed by atoms with Gasteiger partial charge in [-0.2, -0.15) is 0 Å². The fourth-order valence-electron chi connectivity index (χ4n) is 2.75. The summed E-state index contributed by atoms with van der Waals surface area (Å²) < 4.78 is 5.15. The number of rotatable bonds is 3. The van der Waals surface area contributed by atoms with Gasteiger partial charge in [0.2, 0.25) is 0 Å². The molecule has 4 heteroatoms. The van der Waals surface area contributed by atoms with E-state index in [2.05, 4.69) is 0 Å². The van der Waals surface area contributed by atoms with Crippen LogP contribution in [0.5, 0.6) is 0 Å². The Bertz CT molecular complexity index is 245. The Morgan fingerprint density at radius 1 is 1.50 bits per heavy atom. The first kappa shape index (κ1) is 9.93. The van der Waals surface area contributed by atoms with Crippen molar-refractivity contribution >= 4 is 5.97 Å². The van der Waals surface area contributed by atoms with Gasteiger partial charge >= 0.3 is 5.97 Å². The van der Waals surface area contributed by atoms with Gasteiger partial charge in [-0.25, -0.2) is 0 Å². The van der Waals surface area contributed by atoms with Gasteiger partial charge < -0.3 is 14.9 Å². The third-order valence-corrected chi connectivity index (χ3v) is 4.03. The molecule has 1 saturated heterocycles. The Kier molecular flexibility index (Phi) is 2.08. The molecule has 0 spiro atoms. The average molecular weight is 200 g/mol. The number of aliphatic hydroxyl groups is 1. The average Bonchev–Trinajstić information content (AvgIpc) is 1.98. The maximum absolute atomic E-state index is 11.3. The summed E-state index contributed by atoms with van der Waals surface area (Å²) in [6.07, 6.45) is 1.15. The molecule has 14 heavy (non-hydrogen) atoms. The lowest BCUT2D eigenvalue weighted by Crippen LogP contribution is -2.65. The van der Waals surface area contributed by atoms with Crippen LogP contribution in [-0.2, 0) is 9.53 Å². The van der Waals surface area contributed by atoms with Gasteiger partial charge in [-0.1, -0.05) is 6.92 Å². The largest absolute Gasteiger partial charge is 0.481 e. The molecule has 1 heterocycles. The molecule has 2 fully saturated rings. The maximum atomic E-state index is 11.3. The van der Waals surface area contributed by atoms with Crippen LogP contribution in [0.1, 0.15) is 26.2 Å². The van der Waals surface area contributed by atoms with Crippen molar-refractivity contribution in [1.82, 2.24) is 0 Å². The van der Waals surface area contributed by atoms with Crippen molar-refractivity contribution in [1.29, 1.82) is 0 Å². The van der Waals surface area contributed by atoms with Crippen molar-refractivity contribution in [3.8, 4) is 0 Å². The molecule has 2 N–H and O–H groups in total. The highest BCUT2D eigenvalue weighted by molar-refractivity contribution is 5.77. The predicted molar refractivity (Wildman–Crippen MR) is 48.9 cm³/mol. The fraction of sp³-hybridized carbons (Fsp3) is 0.900. The van der Waals surface area contributed by atoms with E-state index in [4.69, 9.17) is 4.74 Å². The molecule has 0 bridgehead atoms. The number of hydrogen-bond acceptors (Lipinski definition) is 3. The van der Waals surface area contributed by atoms with Gasteiger partial charge in [0.1, 0.15) is 0 Å². The smallest absolute Gasteiger partial charge is 0.310 e. The highest BCUT2D eigenvalue weighted by Gasteiger charge is 2.65. The van der Waals surface area contributed by atoms with Gasteiger partial charge in [0.15, 0.2) is 0 Å². The minimum Gasteiger partial charge on any atom is -0.481 e. The third kappa shape index (κ3) is 0.982. The van der Waals surface area contributed by atoms with Gasteiger partial charge in [-0.15, -0.1) is 0 Å². The van der Waals surface area contributed by atoms with Gasteiger partial charge in [-0.05, 0) is 19.3 Å². The summed E-state index contributed by atoms with van der Waals surface area (Å²) in [6.45, 7) is 3.06. The Hall–Kier alpha value is -0.610. The molecule has 80 valence electrons. The first-order valence-corrected chi connectivity index (χ1v) is 5.05. The molecule has 0 aromatic rings. The SMILES string of the molecule is CCC1(C2(C(=O)O)CC(O)C2)COC1. The van der Waals surface area contributed by atoms with E-state index in [0.29, 0.717) is 26.1 Å². The number of aliphatic carboxylic acids is 1. The summed E-state index contributed by atoms with van der Waals surface area (Å²) in [7, 11) is 0. The zero-order valence-corrected chi connectivity index (χ0v) is 8.32.